The smallest absolute Gasteiger partial charge is 0.307 e. The van der Waals surface area contributed by atoms with Crippen LogP contribution in [0.1, 0.15) is 30.9 Å². The molecule has 2 saturated heterocycles. The minimum atomic E-state index is -0.526. The Hall–Kier alpha value is -2.60. The summed E-state index contributed by atoms with van der Waals surface area (Å²) < 4.78 is 18.4. The number of hydrogen-bond donors (Lipinski definition) is 0. The van der Waals surface area contributed by atoms with Gasteiger partial charge in [-0.1, -0.05) is 85.8 Å². The third-order valence-electron chi connectivity index (χ3n) is 6.85. The Morgan fingerprint density at radius 3 is 2.11 bits per heavy atom. The molecule has 0 spiro atoms. The van der Waals surface area contributed by atoms with E-state index in [9.17, 15) is 4.79 Å². The van der Waals surface area contributed by atoms with Crippen molar-refractivity contribution in [1.29, 1.82) is 0 Å². The van der Waals surface area contributed by atoms with Crippen molar-refractivity contribution >= 4 is 17.7 Å². The number of fused-ring (bicyclic) bond motifs is 2. The Kier molecular flexibility index (Phi) is 7.57. The van der Waals surface area contributed by atoms with Crippen molar-refractivity contribution in [3.05, 3.63) is 102 Å². The third kappa shape index (κ3) is 5.97. The van der Waals surface area contributed by atoms with Crippen molar-refractivity contribution in [2.24, 2.45) is 5.41 Å². The van der Waals surface area contributed by atoms with E-state index in [4.69, 9.17) is 14.2 Å². The van der Waals surface area contributed by atoms with Crippen molar-refractivity contribution in [3.8, 4) is 0 Å². The average Bonchev–Trinajstić information content (AvgIpc) is 3.26. The zero-order valence-electron chi connectivity index (χ0n) is 20.0. The van der Waals surface area contributed by atoms with E-state index in [1.165, 1.54) is 11.1 Å². The SMILES string of the molecule is CC(CC(=O)O[C@@H]1[C@@H]2OC[C@H](CC1(Cc1ccccc1)Cc1ccccc1)O2)Sc1ccccc1. The van der Waals surface area contributed by atoms with Crippen LogP contribution in [0.15, 0.2) is 95.9 Å². The van der Waals surface area contributed by atoms with Crippen molar-refractivity contribution in [2.75, 3.05) is 6.61 Å². The second-order valence-corrected chi connectivity index (χ2v) is 11.2. The lowest BCUT2D eigenvalue weighted by Crippen LogP contribution is -2.53. The fourth-order valence-corrected chi connectivity index (χ4v) is 6.38. The first-order chi connectivity index (χ1) is 17.1. The van der Waals surface area contributed by atoms with E-state index < -0.39 is 12.4 Å². The van der Waals surface area contributed by atoms with Gasteiger partial charge in [-0.2, -0.15) is 0 Å². The molecule has 1 unspecified atom stereocenters. The maximum absolute atomic E-state index is 13.2. The van der Waals surface area contributed by atoms with Gasteiger partial charge in [-0.05, 0) is 42.5 Å². The third-order valence-corrected chi connectivity index (χ3v) is 7.96. The van der Waals surface area contributed by atoms with Crippen LogP contribution in [0.4, 0.5) is 0 Å². The number of benzene rings is 3. The van der Waals surface area contributed by atoms with E-state index in [0.29, 0.717) is 13.0 Å². The Bertz CT molecular complexity index is 1050. The van der Waals surface area contributed by atoms with Crippen LogP contribution >= 0.6 is 11.8 Å². The summed E-state index contributed by atoms with van der Waals surface area (Å²) in [6, 6.07) is 31.1. The molecular weight excluding hydrogens is 456 g/mol. The molecule has 0 aromatic heterocycles. The molecule has 2 heterocycles. The van der Waals surface area contributed by atoms with Crippen LogP contribution in [0.25, 0.3) is 0 Å². The Balaban J connectivity index is 1.38. The first kappa shape index (κ1) is 24.1. The van der Waals surface area contributed by atoms with Crippen molar-refractivity contribution in [3.63, 3.8) is 0 Å². The molecule has 0 saturated carbocycles. The summed E-state index contributed by atoms with van der Waals surface area (Å²) >= 11 is 1.69. The van der Waals surface area contributed by atoms with Crippen LogP contribution in [-0.4, -0.2) is 36.3 Å². The normalized spacial score (nSPS) is 23.5. The summed E-state index contributed by atoms with van der Waals surface area (Å²) in [5, 5.41) is 0.101. The van der Waals surface area contributed by atoms with Gasteiger partial charge in [0.1, 0.15) is 0 Å². The Labute approximate surface area is 212 Å². The predicted molar refractivity (Wildman–Crippen MR) is 138 cm³/mol. The van der Waals surface area contributed by atoms with Gasteiger partial charge in [0.2, 0.25) is 0 Å². The molecule has 0 amide bonds. The Morgan fingerprint density at radius 1 is 0.943 bits per heavy atom. The maximum atomic E-state index is 13.2. The lowest BCUT2D eigenvalue weighted by atomic mass is 9.67. The second kappa shape index (κ2) is 11.0. The van der Waals surface area contributed by atoms with Gasteiger partial charge in [0, 0.05) is 15.6 Å². The monoisotopic (exact) mass is 488 g/mol. The molecule has 2 aliphatic rings. The highest BCUT2D eigenvalue weighted by molar-refractivity contribution is 8.00. The number of thioether (sulfide) groups is 1. The maximum Gasteiger partial charge on any atom is 0.307 e. The minimum absolute atomic E-state index is 0.0231. The molecule has 5 heteroatoms. The molecule has 0 aliphatic carbocycles. The molecule has 2 bridgehead atoms. The number of carbonyl (C=O) groups excluding carboxylic acids is 1. The second-order valence-electron chi connectivity index (χ2n) is 9.71. The van der Waals surface area contributed by atoms with Gasteiger partial charge < -0.3 is 14.2 Å². The van der Waals surface area contributed by atoms with Gasteiger partial charge in [0.25, 0.3) is 0 Å². The zero-order valence-corrected chi connectivity index (χ0v) is 20.9. The summed E-state index contributed by atoms with van der Waals surface area (Å²) in [4.78, 5) is 14.4. The molecule has 5 rings (SSSR count). The summed E-state index contributed by atoms with van der Waals surface area (Å²) in [7, 11) is 0. The number of carbonyl (C=O) groups is 1. The molecule has 4 atom stereocenters. The van der Waals surface area contributed by atoms with E-state index in [0.717, 1.165) is 24.2 Å². The highest BCUT2D eigenvalue weighted by Gasteiger charge is 2.55. The van der Waals surface area contributed by atoms with E-state index in [1.807, 2.05) is 30.3 Å². The summed E-state index contributed by atoms with van der Waals surface area (Å²) in [6.45, 7) is 2.61. The molecular formula is C30H32O4S. The fourth-order valence-electron chi connectivity index (χ4n) is 5.39. The van der Waals surface area contributed by atoms with Crippen LogP contribution in [-0.2, 0) is 31.8 Å². The highest BCUT2D eigenvalue weighted by Crippen LogP contribution is 2.47. The molecule has 2 aliphatic heterocycles. The topological polar surface area (TPSA) is 44.8 Å². The molecule has 3 aromatic carbocycles. The first-order valence-corrected chi connectivity index (χ1v) is 13.2. The summed E-state index contributed by atoms with van der Waals surface area (Å²) in [6.07, 6.45) is 1.75. The molecule has 2 fully saturated rings. The fraction of sp³-hybridized carbons (Fsp3) is 0.367. The summed E-state index contributed by atoms with van der Waals surface area (Å²) in [5.41, 5.74) is 2.16. The zero-order chi connectivity index (χ0) is 24.1. The van der Waals surface area contributed by atoms with E-state index >= 15 is 0 Å². The van der Waals surface area contributed by atoms with Gasteiger partial charge in [0.05, 0.1) is 19.1 Å². The van der Waals surface area contributed by atoms with Crippen LogP contribution in [0.5, 0.6) is 0 Å². The van der Waals surface area contributed by atoms with Crippen molar-refractivity contribution in [2.45, 2.75) is 61.3 Å². The van der Waals surface area contributed by atoms with Gasteiger partial charge in [-0.25, -0.2) is 0 Å². The van der Waals surface area contributed by atoms with Crippen molar-refractivity contribution in [1.82, 2.24) is 0 Å². The van der Waals surface area contributed by atoms with Gasteiger partial charge in [-0.15, -0.1) is 11.8 Å². The number of esters is 1. The first-order valence-electron chi connectivity index (χ1n) is 12.4. The van der Waals surface area contributed by atoms with Gasteiger partial charge >= 0.3 is 5.97 Å². The number of rotatable bonds is 9. The molecule has 0 radical (unpaired) electrons. The Morgan fingerprint density at radius 2 is 1.51 bits per heavy atom. The highest BCUT2D eigenvalue weighted by atomic mass is 32.2. The van der Waals surface area contributed by atoms with E-state index in [1.54, 1.807) is 11.8 Å². The predicted octanol–water partition coefficient (Wildman–Crippen LogP) is 6.09. The van der Waals surface area contributed by atoms with Crippen molar-refractivity contribution < 1.29 is 19.0 Å². The molecule has 4 nitrogen and oxygen atoms in total. The quantitative estimate of drug-likeness (QED) is 0.270. The molecule has 0 N–H and O–H groups in total. The lowest BCUT2D eigenvalue weighted by Gasteiger charge is -2.46. The molecule has 3 aromatic rings. The van der Waals surface area contributed by atoms with E-state index in [2.05, 4.69) is 67.6 Å². The summed E-state index contributed by atoms with van der Waals surface area (Å²) in [5.74, 6) is -0.200. The number of ether oxygens (including phenoxy) is 3. The van der Waals surface area contributed by atoms with Crippen LogP contribution in [0, 0.1) is 5.41 Å². The van der Waals surface area contributed by atoms with E-state index in [-0.39, 0.29) is 22.7 Å². The largest absolute Gasteiger partial charge is 0.456 e. The minimum Gasteiger partial charge on any atom is -0.456 e. The number of hydrogen-bond acceptors (Lipinski definition) is 5. The van der Waals surface area contributed by atoms with Crippen LogP contribution < -0.4 is 0 Å². The van der Waals surface area contributed by atoms with Gasteiger partial charge in [0.15, 0.2) is 12.4 Å². The average molecular weight is 489 g/mol. The molecule has 182 valence electrons. The van der Waals surface area contributed by atoms with Gasteiger partial charge in [-0.3, -0.25) is 4.79 Å². The standard InChI is InChI=1S/C30H32O4S/c1-22(35-26-15-9-4-10-16-26)17-27(31)34-28-29-32-21-25(33-29)20-30(28,18-23-11-5-2-6-12-23)19-24-13-7-3-8-14-24/h2-16,22,25,28-29H,17-21H2,1H3/t22?,25-,28+,29+/m0/s1. The van der Waals surface area contributed by atoms with Crippen LogP contribution in [0.2, 0.25) is 0 Å². The van der Waals surface area contributed by atoms with Crippen LogP contribution in [0.3, 0.4) is 0 Å². The molecule has 35 heavy (non-hydrogen) atoms. The lowest BCUT2D eigenvalue weighted by molar-refractivity contribution is -0.224.